The van der Waals surface area contributed by atoms with Crippen LogP contribution < -0.4 is 11.1 Å². The highest BCUT2D eigenvalue weighted by molar-refractivity contribution is 5.44. The van der Waals surface area contributed by atoms with Crippen LogP contribution in [-0.4, -0.2) is 26.3 Å². The van der Waals surface area contributed by atoms with Crippen molar-refractivity contribution in [2.45, 2.75) is 26.3 Å². The van der Waals surface area contributed by atoms with E-state index in [1.54, 1.807) is 12.3 Å². The van der Waals surface area contributed by atoms with Crippen LogP contribution in [0.25, 0.3) is 0 Å². The van der Waals surface area contributed by atoms with Gasteiger partial charge in [0.15, 0.2) is 0 Å². The van der Waals surface area contributed by atoms with Gasteiger partial charge in [-0.1, -0.05) is 6.92 Å². The van der Waals surface area contributed by atoms with Gasteiger partial charge in [0.1, 0.15) is 17.5 Å². The molecule has 18 heavy (non-hydrogen) atoms. The van der Waals surface area contributed by atoms with E-state index in [9.17, 15) is 0 Å². The Labute approximate surface area is 106 Å². The lowest BCUT2D eigenvalue weighted by Gasteiger charge is -2.07. The Balaban J connectivity index is 1.81. The van der Waals surface area contributed by atoms with E-state index in [0.29, 0.717) is 5.82 Å². The summed E-state index contributed by atoms with van der Waals surface area (Å²) in [7, 11) is 0. The lowest BCUT2D eigenvalue weighted by molar-refractivity contribution is 0.591. The van der Waals surface area contributed by atoms with Crippen molar-refractivity contribution in [2.75, 3.05) is 17.6 Å². The van der Waals surface area contributed by atoms with Gasteiger partial charge in [0, 0.05) is 38.0 Å². The van der Waals surface area contributed by atoms with Gasteiger partial charge >= 0.3 is 0 Å². The number of rotatable bonds is 6. The van der Waals surface area contributed by atoms with Crippen molar-refractivity contribution in [3.05, 3.63) is 30.4 Å². The lowest BCUT2D eigenvalue weighted by atomic mass is 10.4. The van der Waals surface area contributed by atoms with Crippen molar-refractivity contribution >= 4 is 11.6 Å². The van der Waals surface area contributed by atoms with Crippen LogP contribution in [0.3, 0.4) is 0 Å². The first kappa shape index (κ1) is 12.3. The molecule has 0 unspecified atom stereocenters. The van der Waals surface area contributed by atoms with Crippen LogP contribution in [0, 0.1) is 0 Å². The molecular formula is C12H18N6. The molecule has 3 N–H and O–H groups in total. The van der Waals surface area contributed by atoms with E-state index in [4.69, 9.17) is 5.73 Å². The molecule has 2 aromatic rings. The number of aromatic nitrogens is 4. The van der Waals surface area contributed by atoms with Gasteiger partial charge in [-0.2, -0.15) is 5.10 Å². The summed E-state index contributed by atoms with van der Waals surface area (Å²) in [6.07, 6.45) is 5.50. The number of nitrogens with two attached hydrogens (primary N) is 1. The fraction of sp³-hybridized carbons (Fsp3) is 0.417. The van der Waals surface area contributed by atoms with E-state index in [2.05, 4.69) is 20.4 Å². The number of nitrogens with zero attached hydrogens (tertiary/aromatic N) is 4. The summed E-state index contributed by atoms with van der Waals surface area (Å²) in [5.74, 6) is 2.07. The third-order valence-corrected chi connectivity index (χ3v) is 2.54. The molecule has 0 aliphatic rings. The van der Waals surface area contributed by atoms with Gasteiger partial charge in [-0.15, -0.1) is 0 Å². The average molecular weight is 246 g/mol. The summed E-state index contributed by atoms with van der Waals surface area (Å²) < 4.78 is 1.91. The summed E-state index contributed by atoms with van der Waals surface area (Å²) in [5, 5.41) is 7.40. The van der Waals surface area contributed by atoms with E-state index in [1.807, 2.05) is 23.9 Å². The Kier molecular flexibility index (Phi) is 4.11. The van der Waals surface area contributed by atoms with Gasteiger partial charge in [0.2, 0.25) is 0 Å². The molecule has 96 valence electrons. The molecule has 0 bridgehead atoms. The Bertz CT molecular complexity index is 479. The average Bonchev–Trinajstić information content (AvgIpc) is 2.87. The van der Waals surface area contributed by atoms with Gasteiger partial charge in [0.25, 0.3) is 0 Å². The molecule has 0 aliphatic carbocycles. The second kappa shape index (κ2) is 6.00. The summed E-state index contributed by atoms with van der Waals surface area (Å²) in [4.78, 5) is 8.50. The summed E-state index contributed by atoms with van der Waals surface area (Å²) in [5.41, 5.74) is 5.71. The van der Waals surface area contributed by atoms with E-state index >= 15 is 0 Å². The molecule has 0 aromatic carbocycles. The van der Waals surface area contributed by atoms with Crippen LogP contribution in [0.4, 0.5) is 11.6 Å². The molecule has 6 nitrogen and oxygen atoms in total. The van der Waals surface area contributed by atoms with Crippen molar-refractivity contribution in [3.63, 3.8) is 0 Å². The van der Waals surface area contributed by atoms with Gasteiger partial charge in [-0.05, 0) is 12.5 Å². The number of nitrogen functional groups attached to an aromatic ring is 1. The first-order valence-corrected chi connectivity index (χ1v) is 6.12. The van der Waals surface area contributed by atoms with Crippen LogP contribution in [0.1, 0.15) is 19.2 Å². The van der Waals surface area contributed by atoms with Gasteiger partial charge in [-0.25, -0.2) is 9.97 Å². The van der Waals surface area contributed by atoms with E-state index in [-0.39, 0.29) is 0 Å². The molecular weight excluding hydrogens is 228 g/mol. The van der Waals surface area contributed by atoms with E-state index in [0.717, 1.165) is 37.6 Å². The first-order chi connectivity index (χ1) is 8.78. The standard InChI is InChI=1S/C12H18N6/c1-2-11-16-10(13)9-12(17-11)14-5-3-7-18-8-4-6-15-18/h4,6,8-9H,2-3,5,7H2,1H3,(H3,13,14,16,17). The SMILES string of the molecule is CCc1nc(N)cc(NCCCn2cccn2)n1. The largest absolute Gasteiger partial charge is 0.384 e. The maximum absolute atomic E-state index is 5.71. The van der Waals surface area contributed by atoms with Gasteiger partial charge in [0.05, 0.1) is 0 Å². The second-order valence-corrected chi connectivity index (χ2v) is 4.00. The number of hydrogen-bond acceptors (Lipinski definition) is 5. The molecule has 2 aromatic heterocycles. The third kappa shape index (κ3) is 3.44. The fourth-order valence-corrected chi connectivity index (χ4v) is 1.66. The molecule has 2 heterocycles. The lowest BCUT2D eigenvalue weighted by Crippen LogP contribution is -2.10. The molecule has 0 saturated heterocycles. The summed E-state index contributed by atoms with van der Waals surface area (Å²) in [6, 6.07) is 3.68. The molecule has 6 heteroatoms. The zero-order valence-corrected chi connectivity index (χ0v) is 10.5. The first-order valence-electron chi connectivity index (χ1n) is 6.12. The number of nitrogens with one attached hydrogen (secondary N) is 1. The molecule has 0 radical (unpaired) electrons. The van der Waals surface area contributed by atoms with E-state index in [1.165, 1.54) is 0 Å². The zero-order chi connectivity index (χ0) is 12.8. The van der Waals surface area contributed by atoms with Crippen LogP contribution in [0.5, 0.6) is 0 Å². The van der Waals surface area contributed by atoms with E-state index < -0.39 is 0 Å². The maximum atomic E-state index is 5.71. The monoisotopic (exact) mass is 246 g/mol. The molecule has 0 aliphatic heterocycles. The van der Waals surface area contributed by atoms with Crippen LogP contribution >= 0.6 is 0 Å². The fourth-order valence-electron chi connectivity index (χ4n) is 1.66. The second-order valence-electron chi connectivity index (χ2n) is 4.00. The minimum absolute atomic E-state index is 0.511. The predicted octanol–water partition coefficient (Wildman–Crippen LogP) is 1.32. The van der Waals surface area contributed by atoms with Crippen LogP contribution in [-0.2, 0) is 13.0 Å². The highest BCUT2D eigenvalue weighted by Crippen LogP contribution is 2.08. The number of hydrogen-bond donors (Lipinski definition) is 2. The maximum Gasteiger partial charge on any atom is 0.132 e. The molecule has 0 saturated carbocycles. The summed E-state index contributed by atoms with van der Waals surface area (Å²) >= 11 is 0. The summed E-state index contributed by atoms with van der Waals surface area (Å²) in [6.45, 7) is 3.73. The minimum Gasteiger partial charge on any atom is -0.384 e. The molecule has 2 rings (SSSR count). The molecule has 0 spiro atoms. The van der Waals surface area contributed by atoms with Crippen molar-refractivity contribution in [1.82, 2.24) is 19.7 Å². The van der Waals surface area contributed by atoms with Crippen molar-refractivity contribution in [2.24, 2.45) is 0 Å². The number of aryl methyl sites for hydroxylation is 2. The van der Waals surface area contributed by atoms with Crippen LogP contribution in [0.15, 0.2) is 24.5 Å². The van der Waals surface area contributed by atoms with Crippen molar-refractivity contribution in [3.8, 4) is 0 Å². The number of anilines is 2. The normalized spacial score (nSPS) is 10.5. The van der Waals surface area contributed by atoms with Crippen LogP contribution in [0.2, 0.25) is 0 Å². The Morgan fingerprint density at radius 1 is 1.39 bits per heavy atom. The minimum atomic E-state index is 0.511. The quantitative estimate of drug-likeness (QED) is 0.751. The van der Waals surface area contributed by atoms with Gasteiger partial charge < -0.3 is 11.1 Å². The molecule has 0 amide bonds. The molecule has 0 fully saturated rings. The van der Waals surface area contributed by atoms with Crippen molar-refractivity contribution in [1.29, 1.82) is 0 Å². The Morgan fingerprint density at radius 2 is 2.28 bits per heavy atom. The zero-order valence-electron chi connectivity index (χ0n) is 10.5. The highest BCUT2D eigenvalue weighted by atomic mass is 15.3. The highest BCUT2D eigenvalue weighted by Gasteiger charge is 2.00. The third-order valence-electron chi connectivity index (χ3n) is 2.54. The van der Waals surface area contributed by atoms with Crippen molar-refractivity contribution < 1.29 is 0 Å². The van der Waals surface area contributed by atoms with Gasteiger partial charge in [-0.3, -0.25) is 4.68 Å². The Morgan fingerprint density at radius 3 is 3.00 bits per heavy atom. The predicted molar refractivity (Wildman–Crippen MR) is 71.2 cm³/mol. The molecule has 0 atom stereocenters. The topological polar surface area (TPSA) is 81.6 Å². The smallest absolute Gasteiger partial charge is 0.132 e. The Hall–Kier alpha value is -2.11.